The number of rotatable bonds is 12. The molecule has 6 rings (SSSR count). The van der Waals surface area contributed by atoms with Crippen LogP contribution in [0.2, 0.25) is 0 Å². The number of fused-ring (bicyclic) bond motifs is 1. The molecule has 2 aliphatic rings. The zero-order chi connectivity index (χ0) is 30.4. The van der Waals surface area contributed by atoms with E-state index in [1.54, 1.807) is 18.2 Å². The third-order valence-electron chi connectivity index (χ3n) is 7.97. The van der Waals surface area contributed by atoms with Crippen molar-refractivity contribution in [3.05, 3.63) is 138 Å². The average Bonchev–Trinajstić information content (AvgIpc) is 3.40. The Kier molecular flexibility index (Phi) is 9.49. The lowest BCUT2D eigenvalue weighted by molar-refractivity contribution is -0.224. The fourth-order valence-corrected chi connectivity index (χ4v) is 7.56. The number of carbonyl (C=O) groups is 1. The number of carbonyl (C=O) groups excluding carboxylic acids is 1. The normalized spacial score (nSPS) is 24.9. The minimum absolute atomic E-state index is 0.0606. The first-order valence-electron chi connectivity index (χ1n) is 14.7. The lowest BCUT2D eigenvalue weighted by atomic mass is 9.93. The highest BCUT2D eigenvalue weighted by Gasteiger charge is 2.59. The van der Waals surface area contributed by atoms with E-state index in [9.17, 15) is 13.2 Å². The summed E-state index contributed by atoms with van der Waals surface area (Å²) in [6.45, 7) is 0.948. The zero-order valence-electron chi connectivity index (χ0n) is 24.1. The SMILES string of the molecule is O=C1N[C@@H]2[C@@H](OCc3ccccc3)[C@@H](OCc3ccccc3)[C@@H](COCc3ccccc3)O[C@H]2[C@H]1S(=O)(=O)c1ccccc1. The Morgan fingerprint density at radius 3 is 1.66 bits per heavy atom. The highest BCUT2D eigenvalue weighted by atomic mass is 32.2. The minimum Gasteiger partial charge on any atom is -0.374 e. The molecule has 2 saturated heterocycles. The van der Waals surface area contributed by atoms with E-state index in [0.717, 1.165) is 16.7 Å². The van der Waals surface area contributed by atoms with E-state index in [0.29, 0.717) is 6.61 Å². The van der Waals surface area contributed by atoms with Crippen LogP contribution in [0, 0.1) is 0 Å². The second-order valence-electron chi connectivity index (χ2n) is 11.0. The molecule has 4 aromatic rings. The lowest BCUT2D eigenvalue weighted by Gasteiger charge is -2.44. The van der Waals surface area contributed by atoms with Crippen molar-refractivity contribution >= 4 is 15.7 Å². The summed E-state index contributed by atoms with van der Waals surface area (Å²) in [4.78, 5) is 13.5. The molecule has 0 bridgehead atoms. The lowest BCUT2D eigenvalue weighted by Crippen LogP contribution is -2.63. The number of ether oxygens (including phenoxy) is 4. The summed E-state index contributed by atoms with van der Waals surface area (Å²) >= 11 is 0. The Balaban J connectivity index is 1.32. The second kappa shape index (κ2) is 13.8. The number of benzene rings is 4. The molecule has 2 aliphatic heterocycles. The molecule has 228 valence electrons. The van der Waals surface area contributed by atoms with Crippen molar-refractivity contribution in [2.45, 2.75) is 60.4 Å². The Labute approximate surface area is 257 Å². The van der Waals surface area contributed by atoms with E-state index >= 15 is 0 Å². The molecule has 4 aromatic carbocycles. The minimum atomic E-state index is -4.08. The molecule has 0 saturated carbocycles. The maximum atomic E-state index is 13.8. The summed E-state index contributed by atoms with van der Waals surface area (Å²) in [6, 6.07) is 36.4. The maximum absolute atomic E-state index is 13.8. The summed E-state index contributed by atoms with van der Waals surface area (Å²) < 4.78 is 53.4. The molecular formula is C35H35NO7S. The van der Waals surface area contributed by atoms with Crippen molar-refractivity contribution < 1.29 is 32.2 Å². The molecule has 6 atom stereocenters. The van der Waals surface area contributed by atoms with Crippen LogP contribution >= 0.6 is 0 Å². The predicted molar refractivity (Wildman–Crippen MR) is 164 cm³/mol. The van der Waals surface area contributed by atoms with Gasteiger partial charge < -0.3 is 24.3 Å². The van der Waals surface area contributed by atoms with Crippen LogP contribution < -0.4 is 5.32 Å². The molecule has 2 fully saturated rings. The quantitative estimate of drug-likeness (QED) is 0.252. The Morgan fingerprint density at radius 1 is 0.636 bits per heavy atom. The van der Waals surface area contributed by atoms with Gasteiger partial charge in [-0.25, -0.2) is 8.42 Å². The zero-order valence-corrected chi connectivity index (χ0v) is 24.9. The van der Waals surface area contributed by atoms with Crippen LogP contribution in [-0.4, -0.2) is 56.6 Å². The van der Waals surface area contributed by atoms with Crippen LogP contribution in [-0.2, 0) is 53.4 Å². The van der Waals surface area contributed by atoms with Gasteiger partial charge in [-0.2, -0.15) is 0 Å². The van der Waals surface area contributed by atoms with E-state index in [1.165, 1.54) is 12.1 Å². The molecule has 2 heterocycles. The van der Waals surface area contributed by atoms with Gasteiger partial charge in [0.25, 0.3) is 0 Å². The summed E-state index contributed by atoms with van der Waals surface area (Å²) in [5.41, 5.74) is 2.88. The van der Waals surface area contributed by atoms with Crippen molar-refractivity contribution in [2.24, 2.45) is 0 Å². The van der Waals surface area contributed by atoms with Gasteiger partial charge in [0.1, 0.15) is 24.4 Å². The van der Waals surface area contributed by atoms with Gasteiger partial charge in [-0.3, -0.25) is 4.79 Å². The van der Waals surface area contributed by atoms with Gasteiger partial charge in [0.2, 0.25) is 5.91 Å². The van der Waals surface area contributed by atoms with E-state index in [2.05, 4.69) is 5.32 Å². The molecule has 1 N–H and O–H groups in total. The number of hydrogen-bond acceptors (Lipinski definition) is 7. The highest BCUT2D eigenvalue weighted by Crippen LogP contribution is 2.36. The molecule has 0 spiro atoms. The molecule has 0 radical (unpaired) electrons. The van der Waals surface area contributed by atoms with Gasteiger partial charge in [-0.1, -0.05) is 109 Å². The smallest absolute Gasteiger partial charge is 0.241 e. The Bertz CT molecular complexity index is 1600. The standard InChI is InChI=1S/C35H35NO7S/c37-35-34(44(38,39)28-19-11-4-12-20-28)33-30(36-35)32(42-23-27-17-9-3-10-18-27)31(41-22-26-15-7-2-8-16-26)29(43-33)24-40-21-25-13-5-1-6-14-25/h1-20,29-34H,21-24H2,(H,36,37)/t29-,30-,31+,32-,33-,34-/m1/s1. The van der Waals surface area contributed by atoms with Crippen molar-refractivity contribution in [1.82, 2.24) is 5.32 Å². The van der Waals surface area contributed by atoms with Crippen LogP contribution in [0.25, 0.3) is 0 Å². The first-order valence-corrected chi connectivity index (χ1v) is 16.2. The largest absolute Gasteiger partial charge is 0.374 e. The Morgan fingerprint density at radius 2 is 1.11 bits per heavy atom. The van der Waals surface area contributed by atoms with Crippen LogP contribution in [0.3, 0.4) is 0 Å². The van der Waals surface area contributed by atoms with Crippen LogP contribution in [0.1, 0.15) is 16.7 Å². The fraction of sp³-hybridized carbons (Fsp3) is 0.286. The molecule has 8 nitrogen and oxygen atoms in total. The summed E-state index contributed by atoms with van der Waals surface area (Å²) in [6.07, 6.45) is -3.13. The van der Waals surface area contributed by atoms with Gasteiger partial charge in [0.15, 0.2) is 15.1 Å². The second-order valence-corrected chi connectivity index (χ2v) is 13.0. The average molecular weight is 614 g/mol. The number of amides is 1. The van der Waals surface area contributed by atoms with Gasteiger partial charge in [-0.05, 0) is 28.8 Å². The van der Waals surface area contributed by atoms with E-state index in [-0.39, 0.29) is 24.7 Å². The maximum Gasteiger partial charge on any atom is 0.241 e. The summed E-state index contributed by atoms with van der Waals surface area (Å²) in [5, 5.41) is 1.46. The van der Waals surface area contributed by atoms with Crippen LogP contribution in [0.4, 0.5) is 0 Å². The first-order chi connectivity index (χ1) is 21.5. The molecule has 0 aliphatic carbocycles. The van der Waals surface area contributed by atoms with E-state index in [1.807, 2.05) is 91.0 Å². The van der Waals surface area contributed by atoms with Crippen molar-refractivity contribution in [3.8, 4) is 0 Å². The molecule has 1 amide bonds. The van der Waals surface area contributed by atoms with Crippen LogP contribution in [0.5, 0.6) is 0 Å². The predicted octanol–water partition coefficient (Wildman–Crippen LogP) is 4.48. The van der Waals surface area contributed by atoms with Gasteiger partial charge in [0.05, 0.1) is 37.4 Å². The van der Waals surface area contributed by atoms with Crippen LogP contribution in [0.15, 0.2) is 126 Å². The Hall–Kier alpha value is -3.86. The van der Waals surface area contributed by atoms with Gasteiger partial charge >= 0.3 is 0 Å². The molecule has 0 aromatic heterocycles. The summed E-state index contributed by atoms with van der Waals surface area (Å²) in [5.74, 6) is -0.621. The number of hydrogen-bond donors (Lipinski definition) is 1. The highest BCUT2D eigenvalue weighted by molar-refractivity contribution is 7.93. The number of sulfone groups is 1. The van der Waals surface area contributed by atoms with Crippen molar-refractivity contribution in [3.63, 3.8) is 0 Å². The molecular weight excluding hydrogens is 578 g/mol. The van der Waals surface area contributed by atoms with Crippen molar-refractivity contribution in [1.29, 1.82) is 0 Å². The van der Waals surface area contributed by atoms with Crippen molar-refractivity contribution in [2.75, 3.05) is 6.61 Å². The monoisotopic (exact) mass is 613 g/mol. The molecule has 44 heavy (non-hydrogen) atoms. The van der Waals surface area contributed by atoms with E-state index in [4.69, 9.17) is 18.9 Å². The third kappa shape index (κ3) is 6.77. The first kappa shape index (κ1) is 30.2. The molecule has 0 unspecified atom stereocenters. The topological polar surface area (TPSA) is 100 Å². The third-order valence-corrected chi connectivity index (χ3v) is 10.0. The summed E-state index contributed by atoms with van der Waals surface area (Å²) in [7, 11) is -4.08. The van der Waals surface area contributed by atoms with Gasteiger partial charge in [-0.15, -0.1) is 0 Å². The van der Waals surface area contributed by atoms with E-state index < -0.39 is 51.5 Å². The molecule has 9 heteroatoms. The van der Waals surface area contributed by atoms with Gasteiger partial charge in [0, 0.05) is 0 Å². The fourth-order valence-electron chi connectivity index (χ4n) is 5.80. The number of nitrogens with one attached hydrogen (secondary N) is 1.